The van der Waals surface area contributed by atoms with Gasteiger partial charge in [0.15, 0.2) is 0 Å². The highest BCUT2D eigenvalue weighted by Crippen LogP contribution is 2.18. The molecule has 140 valence electrons. The average Bonchev–Trinajstić information content (AvgIpc) is 2.58. The zero-order chi connectivity index (χ0) is 19.3. The molecular weight excluding hydrogens is 359 g/mol. The highest BCUT2D eigenvalue weighted by Gasteiger charge is 2.18. The Bertz CT molecular complexity index is 883. The van der Waals surface area contributed by atoms with E-state index in [1.165, 1.54) is 43.5 Å². The van der Waals surface area contributed by atoms with Gasteiger partial charge in [-0.15, -0.1) is 0 Å². The molecule has 0 saturated carbocycles. The van der Waals surface area contributed by atoms with E-state index in [1.54, 1.807) is 19.9 Å². The minimum atomic E-state index is -3.71. The molecule has 2 aromatic carbocycles. The first-order chi connectivity index (χ1) is 12.2. The van der Waals surface area contributed by atoms with E-state index in [-0.39, 0.29) is 23.1 Å². The van der Waals surface area contributed by atoms with Crippen LogP contribution in [0.1, 0.15) is 22.8 Å². The third-order valence-corrected chi connectivity index (χ3v) is 5.25. The van der Waals surface area contributed by atoms with Crippen LogP contribution in [0.25, 0.3) is 0 Å². The Labute approximate surface area is 152 Å². The number of carbonyl (C=O) groups excluding carboxylic acids is 1. The fourth-order valence-electron chi connectivity index (χ4n) is 2.33. The molecule has 2 aromatic rings. The number of hydrogen-bond acceptors (Lipinski definition) is 4. The highest BCUT2D eigenvalue weighted by atomic mass is 32.2. The molecule has 2 rings (SSSR count). The first-order valence-electron chi connectivity index (χ1n) is 7.92. The largest absolute Gasteiger partial charge is 0.383 e. The molecule has 0 aromatic heterocycles. The molecule has 0 saturated heterocycles. The van der Waals surface area contributed by atoms with Gasteiger partial charge in [-0.05, 0) is 55.8 Å². The summed E-state index contributed by atoms with van der Waals surface area (Å²) < 4.78 is 45.2. The molecule has 0 aliphatic heterocycles. The maximum Gasteiger partial charge on any atom is 0.255 e. The second-order valence-electron chi connectivity index (χ2n) is 5.92. The number of sulfonamides is 1. The standard InChI is InChI=1S/C18H21FN2O4S/c1-12-4-7-15(19)10-17(12)20-18(22)14-5-8-16(9-6-14)26(23,24)21-13(2)11-25-3/h4-10,13,21H,11H2,1-3H3,(H,20,22)/t13-/m0/s1. The van der Waals surface area contributed by atoms with Crippen molar-refractivity contribution in [1.82, 2.24) is 4.72 Å². The Morgan fingerprint density at radius 1 is 1.19 bits per heavy atom. The second-order valence-corrected chi connectivity index (χ2v) is 7.63. The van der Waals surface area contributed by atoms with Crippen LogP contribution in [-0.4, -0.2) is 34.1 Å². The Hall–Kier alpha value is -2.29. The first-order valence-corrected chi connectivity index (χ1v) is 9.40. The lowest BCUT2D eigenvalue weighted by atomic mass is 10.1. The molecule has 0 unspecified atom stereocenters. The van der Waals surface area contributed by atoms with Crippen molar-refractivity contribution >= 4 is 21.6 Å². The molecule has 0 spiro atoms. The van der Waals surface area contributed by atoms with Gasteiger partial charge in [-0.3, -0.25) is 4.79 Å². The normalized spacial score (nSPS) is 12.6. The van der Waals surface area contributed by atoms with E-state index in [1.807, 2.05) is 0 Å². The van der Waals surface area contributed by atoms with Gasteiger partial charge < -0.3 is 10.1 Å². The SMILES string of the molecule is COC[C@H](C)NS(=O)(=O)c1ccc(C(=O)Nc2cc(F)ccc2C)cc1. The maximum absolute atomic E-state index is 13.3. The molecule has 26 heavy (non-hydrogen) atoms. The van der Waals surface area contributed by atoms with Crippen molar-refractivity contribution in [3.8, 4) is 0 Å². The summed E-state index contributed by atoms with van der Waals surface area (Å²) in [7, 11) is -2.22. The van der Waals surface area contributed by atoms with Gasteiger partial charge in [-0.1, -0.05) is 6.07 Å². The zero-order valence-electron chi connectivity index (χ0n) is 14.7. The maximum atomic E-state index is 13.3. The Kier molecular flexibility index (Phi) is 6.47. The second kappa shape index (κ2) is 8.39. The van der Waals surface area contributed by atoms with Gasteiger partial charge in [0.2, 0.25) is 10.0 Å². The lowest BCUT2D eigenvalue weighted by Gasteiger charge is -2.13. The minimum Gasteiger partial charge on any atom is -0.383 e. The van der Waals surface area contributed by atoms with Crippen LogP contribution >= 0.6 is 0 Å². The van der Waals surface area contributed by atoms with E-state index in [4.69, 9.17) is 4.74 Å². The van der Waals surface area contributed by atoms with Gasteiger partial charge in [-0.25, -0.2) is 17.5 Å². The third-order valence-electron chi connectivity index (χ3n) is 3.65. The summed E-state index contributed by atoms with van der Waals surface area (Å²) in [5.74, 6) is -0.910. The van der Waals surface area contributed by atoms with Crippen LogP contribution in [0, 0.1) is 12.7 Å². The molecule has 1 atom stereocenters. The number of rotatable bonds is 7. The van der Waals surface area contributed by atoms with E-state index in [0.29, 0.717) is 5.69 Å². The van der Waals surface area contributed by atoms with Crippen LogP contribution in [0.2, 0.25) is 0 Å². The number of halogens is 1. The van der Waals surface area contributed by atoms with E-state index in [9.17, 15) is 17.6 Å². The van der Waals surface area contributed by atoms with Crippen molar-refractivity contribution < 1.29 is 22.3 Å². The summed E-state index contributed by atoms with van der Waals surface area (Å²) >= 11 is 0. The number of benzene rings is 2. The van der Waals surface area contributed by atoms with E-state index < -0.39 is 21.7 Å². The third kappa shape index (κ3) is 5.10. The Morgan fingerprint density at radius 3 is 2.46 bits per heavy atom. The van der Waals surface area contributed by atoms with E-state index >= 15 is 0 Å². The summed E-state index contributed by atoms with van der Waals surface area (Å²) in [4.78, 5) is 12.3. The number of ether oxygens (including phenoxy) is 1. The molecule has 0 fully saturated rings. The van der Waals surface area contributed by atoms with Crippen molar-refractivity contribution in [2.24, 2.45) is 0 Å². The minimum absolute atomic E-state index is 0.0407. The number of methoxy groups -OCH3 is 1. The smallest absolute Gasteiger partial charge is 0.255 e. The predicted octanol–water partition coefficient (Wildman–Crippen LogP) is 2.70. The zero-order valence-corrected chi connectivity index (χ0v) is 15.6. The lowest BCUT2D eigenvalue weighted by Crippen LogP contribution is -2.35. The van der Waals surface area contributed by atoms with Crippen molar-refractivity contribution in [2.75, 3.05) is 19.0 Å². The summed E-state index contributed by atoms with van der Waals surface area (Å²) in [6.07, 6.45) is 0. The Morgan fingerprint density at radius 2 is 1.85 bits per heavy atom. The summed E-state index contributed by atoms with van der Waals surface area (Å²) in [5.41, 5.74) is 1.34. The highest BCUT2D eigenvalue weighted by molar-refractivity contribution is 7.89. The van der Waals surface area contributed by atoms with Gasteiger partial charge >= 0.3 is 0 Å². The van der Waals surface area contributed by atoms with E-state index in [2.05, 4.69) is 10.0 Å². The van der Waals surface area contributed by atoms with Crippen LogP contribution in [0.5, 0.6) is 0 Å². The van der Waals surface area contributed by atoms with Gasteiger partial charge in [0.25, 0.3) is 5.91 Å². The fourth-order valence-corrected chi connectivity index (χ4v) is 3.55. The van der Waals surface area contributed by atoms with Crippen molar-refractivity contribution in [2.45, 2.75) is 24.8 Å². The van der Waals surface area contributed by atoms with Crippen LogP contribution in [0.4, 0.5) is 10.1 Å². The molecule has 0 aliphatic carbocycles. The van der Waals surface area contributed by atoms with Crippen molar-refractivity contribution in [1.29, 1.82) is 0 Å². The fraction of sp³-hybridized carbons (Fsp3) is 0.278. The molecule has 0 radical (unpaired) electrons. The van der Waals surface area contributed by atoms with E-state index in [0.717, 1.165) is 5.56 Å². The van der Waals surface area contributed by atoms with Gasteiger partial charge in [0.1, 0.15) is 5.82 Å². The van der Waals surface area contributed by atoms with Crippen molar-refractivity contribution in [3.05, 3.63) is 59.4 Å². The summed E-state index contributed by atoms with van der Waals surface area (Å²) in [6.45, 7) is 3.68. The molecule has 0 bridgehead atoms. The number of carbonyl (C=O) groups is 1. The summed E-state index contributed by atoms with van der Waals surface area (Å²) in [5, 5.41) is 2.61. The van der Waals surface area contributed by atoms with Gasteiger partial charge in [-0.2, -0.15) is 0 Å². The molecule has 8 heteroatoms. The topological polar surface area (TPSA) is 84.5 Å². The van der Waals surface area contributed by atoms with Crippen LogP contribution in [0.3, 0.4) is 0 Å². The predicted molar refractivity (Wildman–Crippen MR) is 97.2 cm³/mol. The van der Waals surface area contributed by atoms with Crippen LogP contribution in [-0.2, 0) is 14.8 Å². The number of amides is 1. The molecule has 6 nitrogen and oxygen atoms in total. The number of hydrogen-bond donors (Lipinski definition) is 2. The number of nitrogens with one attached hydrogen (secondary N) is 2. The first kappa shape index (κ1) is 20.0. The monoisotopic (exact) mass is 380 g/mol. The number of anilines is 1. The Balaban J connectivity index is 2.13. The summed E-state index contributed by atoms with van der Waals surface area (Å²) in [6, 6.07) is 9.20. The van der Waals surface area contributed by atoms with Crippen LogP contribution < -0.4 is 10.0 Å². The van der Waals surface area contributed by atoms with Crippen molar-refractivity contribution in [3.63, 3.8) is 0 Å². The molecular formula is C18H21FN2O4S. The van der Waals surface area contributed by atoms with Gasteiger partial charge in [0, 0.05) is 24.4 Å². The molecule has 0 heterocycles. The lowest BCUT2D eigenvalue weighted by molar-refractivity contribution is 0.102. The number of aryl methyl sites for hydroxylation is 1. The average molecular weight is 380 g/mol. The quantitative estimate of drug-likeness (QED) is 0.774. The molecule has 2 N–H and O–H groups in total. The molecule has 1 amide bonds. The van der Waals surface area contributed by atoms with Gasteiger partial charge in [0.05, 0.1) is 11.5 Å². The van der Waals surface area contributed by atoms with Crippen LogP contribution in [0.15, 0.2) is 47.4 Å². The molecule has 0 aliphatic rings.